The number of ether oxygens (including phenoxy) is 1. The standard InChI is InChI=1S/C18H24ClN7O2/c1-25(2)16-22-15(23-17(24-16)26-8-4-5-9-26)11-20-18(27)21-13-10-12(19)6-7-14(13)28-3/h6-7,10H,4-5,8-9,11H2,1-3H3,(H2,20,21,27). The van der Waals surface area contributed by atoms with Crippen LogP contribution in [0.4, 0.5) is 22.4 Å². The van der Waals surface area contributed by atoms with Crippen LogP contribution < -0.4 is 25.2 Å². The average Bonchev–Trinajstić information content (AvgIpc) is 3.21. The van der Waals surface area contributed by atoms with Crippen molar-refractivity contribution in [1.29, 1.82) is 0 Å². The van der Waals surface area contributed by atoms with Crippen LogP contribution in [0.3, 0.4) is 0 Å². The molecule has 2 aromatic rings. The first-order valence-electron chi connectivity index (χ1n) is 9.02. The van der Waals surface area contributed by atoms with Crippen molar-refractivity contribution in [2.75, 3.05) is 49.4 Å². The van der Waals surface area contributed by atoms with E-state index in [1.807, 2.05) is 19.0 Å². The molecule has 1 aromatic heterocycles. The van der Waals surface area contributed by atoms with Gasteiger partial charge >= 0.3 is 6.03 Å². The Bertz CT molecular complexity index is 841. The average molecular weight is 406 g/mol. The summed E-state index contributed by atoms with van der Waals surface area (Å²) >= 11 is 5.99. The van der Waals surface area contributed by atoms with Crippen LogP contribution in [0.2, 0.25) is 5.02 Å². The van der Waals surface area contributed by atoms with Crippen LogP contribution >= 0.6 is 11.6 Å². The number of aromatic nitrogens is 3. The Morgan fingerprint density at radius 2 is 2.00 bits per heavy atom. The summed E-state index contributed by atoms with van der Waals surface area (Å²) in [6.45, 7) is 2.02. The number of urea groups is 1. The number of hydrogen-bond donors (Lipinski definition) is 2. The molecule has 0 aliphatic carbocycles. The van der Waals surface area contributed by atoms with E-state index in [1.165, 1.54) is 7.11 Å². The molecular formula is C18H24ClN7O2. The number of carbonyl (C=O) groups is 1. The second kappa shape index (κ2) is 8.92. The van der Waals surface area contributed by atoms with Crippen molar-refractivity contribution in [3.05, 3.63) is 29.0 Å². The highest BCUT2D eigenvalue weighted by molar-refractivity contribution is 6.31. The van der Waals surface area contributed by atoms with Gasteiger partial charge in [-0.1, -0.05) is 11.6 Å². The highest BCUT2D eigenvalue weighted by Gasteiger charge is 2.18. The molecule has 2 amide bonds. The molecule has 150 valence electrons. The molecule has 0 unspecified atom stereocenters. The van der Waals surface area contributed by atoms with Gasteiger partial charge < -0.3 is 25.2 Å². The normalized spacial score (nSPS) is 13.4. The van der Waals surface area contributed by atoms with E-state index in [2.05, 4.69) is 30.5 Å². The van der Waals surface area contributed by atoms with Crippen molar-refractivity contribution in [3.63, 3.8) is 0 Å². The fraction of sp³-hybridized carbons (Fsp3) is 0.444. The molecular weight excluding hydrogens is 382 g/mol. The second-order valence-electron chi connectivity index (χ2n) is 6.59. The maximum absolute atomic E-state index is 12.3. The van der Waals surface area contributed by atoms with Gasteiger partial charge in [0.1, 0.15) is 5.75 Å². The third-order valence-corrected chi connectivity index (χ3v) is 4.50. The Kier molecular flexibility index (Phi) is 6.35. The van der Waals surface area contributed by atoms with E-state index in [4.69, 9.17) is 16.3 Å². The summed E-state index contributed by atoms with van der Waals surface area (Å²) in [6.07, 6.45) is 2.25. The molecule has 9 nitrogen and oxygen atoms in total. The van der Waals surface area contributed by atoms with Gasteiger partial charge in [0.2, 0.25) is 11.9 Å². The topological polar surface area (TPSA) is 95.5 Å². The summed E-state index contributed by atoms with van der Waals surface area (Å²) in [7, 11) is 5.27. The monoisotopic (exact) mass is 405 g/mol. The van der Waals surface area contributed by atoms with Gasteiger partial charge in [0, 0.05) is 32.2 Å². The molecule has 3 rings (SSSR count). The van der Waals surface area contributed by atoms with E-state index in [1.54, 1.807) is 18.2 Å². The zero-order valence-corrected chi connectivity index (χ0v) is 17.0. The number of methoxy groups -OCH3 is 1. The highest BCUT2D eigenvalue weighted by Crippen LogP contribution is 2.27. The molecule has 2 heterocycles. The molecule has 28 heavy (non-hydrogen) atoms. The summed E-state index contributed by atoms with van der Waals surface area (Å²) in [5.41, 5.74) is 0.481. The van der Waals surface area contributed by atoms with Crippen molar-refractivity contribution >= 4 is 35.2 Å². The first kappa shape index (κ1) is 19.9. The highest BCUT2D eigenvalue weighted by atomic mass is 35.5. The first-order valence-corrected chi connectivity index (χ1v) is 9.39. The van der Waals surface area contributed by atoms with Gasteiger partial charge in [0.25, 0.3) is 0 Å². The first-order chi connectivity index (χ1) is 13.5. The molecule has 2 N–H and O–H groups in total. The smallest absolute Gasteiger partial charge is 0.319 e. The summed E-state index contributed by atoms with van der Waals surface area (Å²) in [4.78, 5) is 29.7. The minimum atomic E-state index is -0.407. The van der Waals surface area contributed by atoms with Crippen molar-refractivity contribution in [2.45, 2.75) is 19.4 Å². The van der Waals surface area contributed by atoms with Gasteiger partial charge in [-0.05, 0) is 31.0 Å². The van der Waals surface area contributed by atoms with Crippen LogP contribution in [0.5, 0.6) is 5.75 Å². The zero-order valence-electron chi connectivity index (χ0n) is 16.2. The number of halogens is 1. The van der Waals surface area contributed by atoms with Crippen molar-refractivity contribution < 1.29 is 9.53 Å². The Balaban J connectivity index is 1.69. The Hall–Kier alpha value is -2.81. The Morgan fingerprint density at radius 3 is 2.68 bits per heavy atom. The number of hydrogen-bond acceptors (Lipinski definition) is 7. The van der Waals surface area contributed by atoms with Crippen LogP contribution in [0, 0.1) is 0 Å². The number of nitrogens with one attached hydrogen (secondary N) is 2. The largest absolute Gasteiger partial charge is 0.495 e. The van der Waals surface area contributed by atoms with Crippen LogP contribution in [0.1, 0.15) is 18.7 Å². The Labute approximate surface area is 169 Å². The molecule has 0 saturated carbocycles. The minimum absolute atomic E-state index is 0.166. The lowest BCUT2D eigenvalue weighted by molar-refractivity contribution is 0.251. The number of rotatable bonds is 6. The summed E-state index contributed by atoms with van der Waals surface area (Å²) in [5.74, 6) is 2.22. The van der Waals surface area contributed by atoms with E-state index in [-0.39, 0.29) is 6.54 Å². The van der Waals surface area contributed by atoms with E-state index < -0.39 is 6.03 Å². The molecule has 1 aliphatic heterocycles. The number of nitrogens with zero attached hydrogens (tertiary/aromatic N) is 5. The fourth-order valence-corrected chi connectivity index (χ4v) is 3.01. The maximum Gasteiger partial charge on any atom is 0.319 e. The molecule has 1 aliphatic rings. The molecule has 0 radical (unpaired) electrons. The van der Waals surface area contributed by atoms with Gasteiger partial charge in [-0.2, -0.15) is 15.0 Å². The quantitative estimate of drug-likeness (QED) is 0.762. The van der Waals surface area contributed by atoms with Gasteiger partial charge in [-0.3, -0.25) is 0 Å². The number of benzene rings is 1. The summed E-state index contributed by atoms with van der Waals surface area (Å²) < 4.78 is 5.23. The van der Waals surface area contributed by atoms with Crippen molar-refractivity contribution in [3.8, 4) is 5.75 Å². The van der Waals surface area contributed by atoms with E-state index in [0.29, 0.717) is 34.2 Å². The third kappa shape index (κ3) is 4.92. The van der Waals surface area contributed by atoms with E-state index in [0.717, 1.165) is 25.9 Å². The summed E-state index contributed by atoms with van der Waals surface area (Å²) in [6, 6.07) is 4.60. The molecule has 0 spiro atoms. The second-order valence-corrected chi connectivity index (χ2v) is 7.03. The van der Waals surface area contributed by atoms with Crippen LogP contribution in [-0.4, -0.2) is 55.3 Å². The SMILES string of the molecule is COc1ccc(Cl)cc1NC(=O)NCc1nc(N(C)C)nc(N2CCCC2)n1. The van der Waals surface area contributed by atoms with Crippen molar-refractivity contribution in [2.24, 2.45) is 0 Å². The van der Waals surface area contributed by atoms with Crippen LogP contribution in [0.25, 0.3) is 0 Å². The predicted molar refractivity (Wildman–Crippen MR) is 109 cm³/mol. The lowest BCUT2D eigenvalue weighted by atomic mass is 10.3. The molecule has 10 heteroatoms. The van der Waals surface area contributed by atoms with Gasteiger partial charge in [-0.15, -0.1) is 0 Å². The third-order valence-electron chi connectivity index (χ3n) is 4.26. The van der Waals surface area contributed by atoms with Gasteiger partial charge in [0.15, 0.2) is 5.82 Å². The van der Waals surface area contributed by atoms with Crippen LogP contribution in [-0.2, 0) is 6.54 Å². The number of amides is 2. The fourth-order valence-electron chi connectivity index (χ4n) is 2.84. The molecule has 1 aromatic carbocycles. The summed E-state index contributed by atoms with van der Waals surface area (Å²) in [5, 5.41) is 5.99. The Morgan fingerprint density at radius 1 is 1.25 bits per heavy atom. The van der Waals surface area contributed by atoms with E-state index in [9.17, 15) is 4.79 Å². The molecule has 1 fully saturated rings. The van der Waals surface area contributed by atoms with Crippen molar-refractivity contribution in [1.82, 2.24) is 20.3 Å². The van der Waals surface area contributed by atoms with Gasteiger partial charge in [0.05, 0.1) is 19.3 Å². The number of carbonyl (C=O) groups excluding carboxylic acids is 1. The molecule has 0 bridgehead atoms. The maximum atomic E-state index is 12.3. The lowest BCUT2D eigenvalue weighted by Crippen LogP contribution is -2.30. The minimum Gasteiger partial charge on any atom is -0.495 e. The molecule has 0 atom stereocenters. The number of anilines is 3. The van der Waals surface area contributed by atoms with Crippen LogP contribution in [0.15, 0.2) is 18.2 Å². The van der Waals surface area contributed by atoms with Gasteiger partial charge in [-0.25, -0.2) is 4.79 Å². The predicted octanol–water partition coefficient (Wildman–Crippen LogP) is 2.52. The zero-order chi connectivity index (χ0) is 20.1. The molecule has 1 saturated heterocycles. The lowest BCUT2D eigenvalue weighted by Gasteiger charge is -2.19. The van der Waals surface area contributed by atoms with E-state index >= 15 is 0 Å².